The van der Waals surface area contributed by atoms with Crippen LogP contribution in [0, 0.1) is 0 Å². The molecule has 19 heavy (non-hydrogen) atoms. The maximum atomic E-state index is 12.0. The topological polar surface area (TPSA) is 34.2 Å². The standard InChI is InChI=1S/C13H19F3N2O/c1-3-6-17-10(2)11-4-7-18-12(9-11)19-8-5-13(14,15)16/h4,7,9-10,17H,3,5-6,8H2,1-2H3. The Labute approximate surface area is 111 Å². The van der Waals surface area contributed by atoms with Crippen molar-refractivity contribution in [2.45, 2.75) is 38.9 Å². The van der Waals surface area contributed by atoms with Gasteiger partial charge in [-0.3, -0.25) is 0 Å². The van der Waals surface area contributed by atoms with Gasteiger partial charge >= 0.3 is 6.18 Å². The first-order chi connectivity index (χ1) is 8.92. The normalized spacial score (nSPS) is 13.3. The highest BCUT2D eigenvalue weighted by molar-refractivity contribution is 5.23. The third-order valence-corrected chi connectivity index (χ3v) is 2.59. The van der Waals surface area contributed by atoms with Gasteiger partial charge in [-0.15, -0.1) is 0 Å². The summed E-state index contributed by atoms with van der Waals surface area (Å²) in [5.41, 5.74) is 0.949. The van der Waals surface area contributed by atoms with Gasteiger partial charge in [0.05, 0.1) is 13.0 Å². The summed E-state index contributed by atoms with van der Waals surface area (Å²) >= 11 is 0. The molecule has 0 aliphatic heterocycles. The van der Waals surface area contributed by atoms with Gasteiger partial charge < -0.3 is 10.1 Å². The zero-order chi connectivity index (χ0) is 14.3. The average Bonchev–Trinajstić information content (AvgIpc) is 2.35. The van der Waals surface area contributed by atoms with Gasteiger partial charge in [0.1, 0.15) is 0 Å². The predicted molar refractivity (Wildman–Crippen MR) is 67.1 cm³/mol. The number of hydrogen-bond donors (Lipinski definition) is 1. The summed E-state index contributed by atoms with van der Waals surface area (Å²) in [7, 11) is 0. The highest BCUT2D eigenvalue weighted by atomic mass is 19.4. The number of aromatic nitrogens is 1. The third-order valence-electron chi connectivity index (χ3n) is 2.59. The molecule has 0 spiro atoms. The van der Waals surface area contributed by atoms with E-state index in [9.17, 15) is 13.2 Å². The summed E-state index contributed by atoms with van der Waals surface area (Å²) in [6, 6.07) is 3.61. The Morgan fingerprint density at radius 3 is 2.79 bits per heavy atom. The van der Waals surface area contributed by atoms with Gasteiger partial charge in [-0.25, -0.2) is 4.98 Å². The summed E-state index contributed by atoms with van der Waals surface area (Å²) in [6.45, 7) is 4.53. The van der Waals surface area contributed by atoms with Crippen LogP contribution in [0.2, 0.25) is 0 Å². The molecule has 1 unspecified atom stereocenters. The first kappa shape index (κ1) is 15.8. The number of halogens is 3. The number of alkyl halides is 3. The van der Waals surface area contributed by atoms with Crippen LogP contribution < -0.4 is 10.1 Å². The van der Waals surface area contributed by atoms with E-state index in [-0.39, 0.29) is 11.9 Å². The molecule has 6 heteroatoms. The summed E-state index contributed by atoms with van der Waals surface area (Å²) in [5.74, 6) is 0.229. The minimum absolute atomic E-state index is 0.118. The van der Waals surface area contributed by atoms with Crippen molar-refractivity contribution in [1.29, 1.82) is 0 Å². The van der Waals surface area contributed by atoms with Crippen molar-refractivity contribution >= 4 is 0 Å². The lowest BCUT2D eigenvalue weighted by atomic mass is 10.1. The second kappa shape index (κ2) is 7.33. The molecule has 1 atom stereocenters. The molecule has 0 aliphatic rings. The van der Waals surface area contributed by atoms with Crippen LogP contribution in [0.4, 0.5) is 13.2 Å². The van der Waals surface area contributed by atoms with Crippen molar-refractivity contribution < 1.29 is 17.9 Å². The SMILES string of the molecule is CCCNC(C)c1ccnc(OCCC(F)(F)F)c1. The maximum absolute atomic E-state index is 12.0. The fourth-order valence-electron chi connectivity index (χ4n) is 1.52. The molecule has 1 rings (SSSR count). The molecule has 0 aliphatic carbocycles. The first-order valence-electron chi connectivity index (χ1n) is 6.31. The lowest BCUT2D eigenvalue weighted by Gasteiger charge is -2.14. The van der Waals surface area contributed by atoms with E-state index in [2.05, 4.69) is 17.2 Å². The molecule has 0 fully saturated rings. The minimum Gasteiger partial charge on any atom is -0.477 e. The number of nitrogens with zero attached hydrogens (tertiary/aromatic N) is 1. The molecule has 1 heterocycles. The van der Waals surface area contributed by atoms with Gasteiger partial charge in [-0.1, -0.05) is 6.92 Å². The average molecular weight is 276 g/mol. The molecule has 0 radical (unpaired) electrons. The zero-order valence-corrected chi connectivity index (χ0v) is 11.1. The third kappa shape index (κ3) is 6.42. The van der Waals surface area contributed by atoms with E-state index >= 15 is 0 Å². The van der Waals surface area contributed by atoms with Crippen LogP contribution in [-0.4, -0.2) is 24.3 Å². The number of hydrogen-bond acceptors (Lipinski definition) is 3. The summed E-state index contributed by atoms with van der Waals surface area (Å²) in [5, 5.41) is 3.29. The van der Waals surface area contributed by atoms with Crippen LogP contribution in [0.15, 0.2) is 18.3 Å². The zero-order valence-electron chi connectivity index (χ0n) is 11.1. The van der Waals surface area contributed by atoms with Crippen LogP contribution in [-0.2, 0) is 0 Å². The smallest absolute Gasteiger partial charge is 0.392 e. The van der Waals surface area contributed by atoms with Crippen molar-refractivity contribution in [3.8, 4) is 5.88 Å². The molecule has 0 aromatic carbocycles. The molecule has 0 saturated heterocycles. The van der Waals surface area contributed by atoms with E-state index in [0.29, 0.717) is 0 Å². The largest absolute Gasteiger partial charge is 0.477 e. The Morgan fingerprint density at radius 1 is 1.42 bits per heavy atom. The Balaban J connectivity index is 2.52. The molecule has 0 saturated carbocycles. The monoisotopic (exact) mass is 276 g/mol. The summed E-state index contributed by atoms with van der Waals surface area (Å²) in [6.07, 6.45) is -2.61. The quantitative estimate of drug-likeness (QED) is 0.828. The Kier molecular flexibility index (Phi) is 6.08. The second-order valence-electron chi connectivity index (χ2n) is 4.32. The fraction of sp³-hybridized carbons (Fsp3) is 0.615. The molecule has 0 amide bonds. The molecule has 3 nitrogen and oxygen atoms in total. The van der Waals surface area contributed by atoms with Crippen molar-refractivity contribution in [2.75, 3.05) is 13.2 Å². The molecule has 0 bridgehead atoms. The Bertz CT molecular complexity index is 382. The molecule has 1 aromatic heterocycles. The molecule has 1 aromatic rings. The Hall–Kier alpha value is -1.30. The Morgan fingerprint density at radius 2 is 2.16 bits per heavy atom. The highest BCUT2D eigenvalue weighted by Crippen LogP contribution is 2.21. The summed E-state index contributed by atoms with van der Waals surface area (Å²) in [4.78, 5) is 3.90. The van der Waals surface area contributed by atoms with Gasteiger partial charge in [-0.2, -0.15) is 13.2 Å². The van der Waals surface area contributed by atoms with E-state index < -0.39 is 19.2 Å². The fourth-order valence-corrected chi connectivity index (χ4v) is 1.52. The van der Waals surface area contributed by atoms with Crippen LogP contribution >= 0.6 is 0 Å². The van der Waals surface area contributed by atoms with Crippen molar-refractivity contribution in [3.05, 3.63) is 23.9 Å². The van der Waals surface area contributed by atoms with Gasteiger partial charge in [0, 0.05) is 18.3 Å². The predicted octanol–water partition coefficient (Wildman–Crippen LogP) is 3.47. The molecular formula is C13H19F3N2O. The van der Waals surface area contributed by atoms with Crippen molar-refractivity contribution in [3.63, 3.8) is 0 Å². The van der Waals surface area contributed by atoms with Crippen molar-refractivity contribution in [2.24, 2.45) is 0 Å². The summed E-state index contributed by atoms with van der Waals surface area (Å²) < 4.78 is 41.0. The van der Waals surface area contributed by atoms with Crippen LogP contribution in [0.1, 0.15) is 38.3 Å². The lowest BCUT2D eigenvalue weighted by Crippen LogP contribution is -2.19. The molecule has 108 valence electrons. The van der Waals surface area contributed by atoms with E-state index in [1.54, 1.807) is 12.3 Å². The lowest BCUT2D eigenvalue weighted by molar-refractivity contribution is -0.139. The van der Waals surface area contributed by atoms with E-state index in [1.807, 2.05) is 13.0 Å². The number of ether oxygens (including phenoxy) is 1. The van der Waals surface area contributed by atoms with Crippen LogP contribution in [0.25, 0.3) is 0 Å². The van der Waals surface area contributed by atoms with E-state index in [1.165, 1.54) is 0 Å². The number of rotatable bonds is 7. The van der Waals surface area contributed by atoms with Crippen molar-refractivity contribution in [1.82, 2.24) is 10.3 Å². The number of pyridine rings is 1. The second-order valence-corrected chi connectivity index (χ2v) is 4.32. The van der Waals surface area contributed by atoms with Gasteiger partial charge in [0.15, 0.2) is 0 Å². The first-order valence-corrected chi connectivity index (χ1v) is 6.31. The molecular weight excluding hydrogens is 257 g/mol. The van der Waals surface area contributed by atoms with Gasteiger partial charge in [0.2, 0.25) is 5.88 Å². The van der Waals surface area contributed by atoms with Crippen LogP contribution in [0.3, 0.4) is 0 Å². The van der Waals surface area contributed by atoms with Gasteiger partial charge in [-0.05, 0) is 31.5 Å². The van der Waals surface area contributed by atoms with E-state index in [4.69, 9.17) is 4.74 Å². The van der Waals surface area contributed by atoms with E-state index in [0.717, 1.165) is 18.5 Å². The minimum atomic E-state index is -4.20. The highest BCUT2D eigenvalue weighted by Gasteiger charge is 2.26. The van der Waals surface area contributed by atoms with Gasteiger partial charge in [0.25, 0.3) is 0 Å². The molecule has 1 N–H and O–H groups in total. The number of nitrogens with one attached hydrogen (secondary N) is 1. The van der Waals surface area contributed by atoms with Crippen LogP contribution in [0.5, 0.6) is 5.88 Å². The maximum Gasteiger partial charge on any atom is 0.392 e.